The van der Waals surface area contributed by atoms with Gasteiger partial charge in [-0.25, -0.2) is 0 Å². The van der Waals surface area contributed by atoms with Crippen molar-refractivity contribution in [3.63, 3.8) is 0 Å². The average molecular weight is 267 g/mol. The zero-order chi connectivity index (χ0) is 14.5. The van der Waals surface area contributed by atoms with Gasteiger partial charge in [0.2, 0.25) is 0 Å². The number of nitrogens with one attached hydrogen (secondary N) is 1. The third kappa shape index (κ3) is 3.41. The first-order valence-corrected chi connectivity index (χ1v) is 7.55. The summed E-state index contributed by atoms with van der Waals surface area (Å²) in [5, 5.41) is 3.54. The molecule has 0 bridgehead atoms. The van der Waals surface area contributed by atoms with Crippen LogP contribution in [0.15, 0.2) is 42.5 Å². The minimum atomic E-state index is 0.642. The lowest BCUT2D eigenvalue weighted by atomic mass is 9.92. The normalized spacial score (nSPS) is 12.2. The van der Waals surface area contributed by atoms with Crippen molar-refractivity contribution < 1.29 is 0 Å². The average Bonchev–Trinajstić information content (AvgIpc) is 2.44. The van der Waals surface area contributed by atoms with Crippen LogP contribution in [0.3, 0.4) is 0 Å². The number of rotatable bonds is 5. The molecule has 106 valence electrons. The topological polar surface area (TPSA) is 12.0 Å². The lowest BCUT2D eigenvalue weighted by Gasteiger charge is -2.18. The Hall–Kier alpha value is -1.76. The van der Waals surface area contributed by atoms with E-state index in [1.165, 1.54) is 35.2 Å². The fraction of sp³-hybridized carbons (Fsp3) is 0.368. The van der Waals surface area contributed by atoms with Gasteiger partial charge in [-0.2, -0.15) is 0 Å². The van der Waals surface area contributed by atoms with Gasteiger partial charge in [-0.05, 0) is 55.0 Å². The number of para-hydroxylation sites is 1. The Morgan fingerprint density at radius 3 is 2.15 bits per heavy atom. The monoisotopic (exact) mass is 267 g/mol. The Bertz CT molecular complexity index is 534. The zero-order valence-corrected chi connectivity index (χ0v) is 13.0. The summed E-state index contributed by atoms with van der Waals surface area (Å²) < 4.78 is 0. The fourth-order valence-electron chi connectivity index (χ4n) is 2.74. The molecule has 2 aromatic carbocycles. The molecule has 2 aromatic rings. The van der Waals surface area contributed by atoms with E-state index in [1.54, 1.807) is 0 Å². The SMILES string of the molecule is CCCC(C)c1cc(C)c(Nc2ccccc2)c(C)c1. The lowest BCUT2D eigenvalue weighted by Crippen LogP contribution is -2.00. The highest BCUT2D eigenvalue weighted by Gasteiger charge is 2.10. The summed E-state index contributed by atoms with van der Waals surface area (Å²) in [6, 6.07) is 15.0. The summed E-state index contributed by atoms with van der Waals surface area (Å²) in [4.78, 5) is 0. The maximum atomic E-state index is 3.54. The van der Waals surface area contributed by atoms with E-state index in [-0.39, 0.29) is 0 Å². The van der Waals surface area contributed by atoms with Gasteiger partial charge in [0.1, 0.15) is 0 Å². The van der Waals surface area contributed by atoms with Crippen LogP contribution >= 0.6 is 0 Å². The largest absolute Gasteiger partial charge is 0.355 e. The molecule has 0 aliphatic carbocycles. The summed E-state index contributed by atoms with van der Waals surface area (Å²) in [7, 11) is 0. The molecule has 1 heteroatoms. The first-order valence-electron chi connectivity index (χ1n) is 7.55. The van der Waals surface area contributed by atoms with Crippen molar-refractivity contribution in [2.75, 3.05) is 5.32 Å². The zero-order valence-electron chi connectivity index (χ0n) is 13.0. The molecule has 0 aliphatic rings. The molecule has 1 nitrogen and oxygen atoms in total. The van der Waals surface area contributed by atoms with Gasteiger partial charge in [-0.1, -0.05) is 50.6 Å². The highest BCUT2D eigenvalue weighted by molar-refractivity contribution is 5.67. The van der Waals surface area contributed by atoms with E-state index < -0.39 is 0 Å². The van der Waals surface area contributed by atoms with Crippen LogP contribution in [-0.4, -0.2) is 0 Å². The molecule has 0 amide bonds. The van der Waals surface area contributed by atoms with Crippen LogP contribution in [0.4, 0.5) is 11.4 Å². The van der Waals surface area contributed by atoms with Gasteiger partial charge >= 0.3 is 0 Å². The fourth-order valence-corrected chi connectivity index (χ4v) is 2.74. The molecule has 0 heterocycles. The third-order valence-electron chi connectivity index (χ3n) is 3.89. The maximum absolute atomic E-state index is 3.54. The van der Waals surface area contributed by atoms with Crippen LogP contribution < -0.4 is 5.32 Å². The summed E-state index contributed by atoms with van der Waals surface area (Å²) in [5.74, 6) is 0.642. The van der Waals surface area contributed by atoms with Crippen molar-refractivity contribution in [1.82, 2.24) is 0 Å². The molecule has 1 atom stereocenters. The Morgan fingerprint density at radius 1 is 1.00 bits per heavy atom. The number of hydrogen-bond acceptors (Lipinski definition) is 1. The molecule has 0 aliphatic heterocycles. The first-order chi connectivity index (χ1) is 9.61. The van der Waals surface area contributed by atoms with Gasteiger partial charge in [0.25, 0.3) is 0 Å². The van der Waals surface area contributed by atoms with E-state index in [2.05, 4.69) is 69.4 Å². The van der Waals surface area contributed by atoms with Gasteiger partial charge < -0.3 is 5.32 Å². The molecule has 20 heavy (non-hydrogen) atoms. The summed E-state index contributed by atoms with van der Waals surface area (Å²) in [6.45, 7) is 8.96. The molecule has 0 saturated carbocycles. The van der Waals surface area contributed by atoms with Gasteiger partial charge in [-0.15, -0.1) is 0 Å². The van der Waals surface area contributed by atoms with Crippen LogP contribution in [0.2, 0.25) is 0 Å². The molecule has 1 unspecified atom stereocenters. The Balaban J connectivity index is 2.27. The van der Waals surface area contributed by atoms with E-state index in [9.17, 15) is 0 Å². The molecule has 1 N–H and O–H groups in total. The summed E-state index contributed by atoms with van der Waals surface area (Å²) in [6.07, 6.45) is 2.49. The van der Waals surface area contributed by atoms with E-state index in [0.29, 0.717) is 5.92 Å². The van der Waals surface area contributed by atoms with E-state index in [4.69, 9.17) is 0 Å². The number of benzene rings is 2. The van der Waals surface area contributed by atoms with Crippen LogP contribution in [-0.2, 0) is 0 Å². The molecule has 0 saturated heterocycles. The third-order valence-corrected chi connectivity index (χ3v) is 3.89. The van der Waals surface area contributed by atoms with E-state index in [1.807, 2.05) is 6.07 Å². The predicted octanol–water partition coefficient (Wildman–Crippen LogP) is 5.95. The van der Waals surface area contributed by atoms with E-state index >= 15 is 0 Å². The summed E-state index contributed by atoms with van der Waals surface area (Å²) >= 11 is 0. The Kier molecular flexibility index (Phi) is 4.84. The van der Waals surface area contributed by atoms with Crippen molar-refractivity contribution in [3.05, 3.63) is 59.2 Å². The van der Waals surface area contributed by atoms with Crippen molar-refractivity contribution in [3.8, 4) is 0 Å². The molecular formula is C19H25N. The summed E-state index contributed by atoms with van der Waals surface area (Å²) in [5.41, 5.74) is 6.50. The lowest BCUT2D eigenvalue weighted by molar-refractivity contribution is 0.664. The van der Waals surface area contributed by atoms with E-state index in [0.717, 1.165) is 5.69 Å². The highest BCUT2D eigenvalue weighted by Crippen LogP contribution is 2.30. The molecule has 2 rings (SSSR count). The van der Waals surface area contributed by atoms with Crippen molar-refractivity contribution in [1.29, 1.82) is 0 Å². The number of hydrogen-bond donors (Lipinski definition) is 1. The molecule has 0 fully saturated rings. The van der Waals surface area contributed by atoms with Crippen molar-refractivity contribution in [2.24, 2.45) is 0 Å². The second kappa shape index (κ2) is 6.60. The van der Waals surface area contributed by atoms with Crippen molar-refractivity contribution in [2.45, 2.75) is 46.5 Å². The van der Waals surface area contributed by atoms with Crippen LogP contribution in [0.25, 0.3) is 0 Å². The number of aryl methyl sites for hydroxylation is 2. The number of anilines is 2. The quantitative estimate of drug-likeness (QED) is 0.705. The predicted molar refractivity (Wildman–Crippen MR) is 89.0 cm³/mol. The van der Waals surface area contributed by atoms with Crippen LogP contribution in [0, 0.1) is 13.8 Å². The highest BCUT2D eigenvalue weighted by atomic mass is 14.9. The first kappa shape index (κ1) is 14.6. The molecule has 0 aromatic heterocycles. The maximum Gasteiger partial charge on any atom is 0.0443 e. The van der Waals surface area contributed by atoms with Crippen molar-refractivity contribution >= 4 is 11.4 Å². The van der Waals surface area contributed by atoms with Crippen LogP contribution in [0.5, 0.6) is 0 Å². The molecular weight excluding hydrogens is 242 g/mol. The standard InChI is InChI=1S/C19H25N/c1-5-9-14(2)17-12-15(3)19(16(4)13-17)20-18-10-7-6-8-11-18/h6-8,10-14,20H,5,9H2,1-4H3. The van der Waals surface area contributed by atoms with Gasteiger partial charge in [0, 0.05) is 11.4 Å². The van der Waals surface area contributed by atoms with Gasteiger partial charge in [-0.3, -0.25) is 0 Å². The Morgan fingerprint density at radius 2 is 1.60 bits per heavy atom. The molecule has 0 radical (unpaired) electrons. The second-order valence-corrected chi connectivity index (χ2v) is 5.71. The van der Waals surface area contributed by atoms with Crippen LogP contribution in [0.1, 0.15) is 49.3 Å². The minimum absolute atomic E-state index is 0.642. The second-order valence-electron chi connectivity index (χ2n) is 5.71. The minimum Gasteiger partial charge on any atom is -0.355 e. The van der Waals surface area contributed by atoms with Gasteiger partial charge in [0.05, 0.1) is 0 Å². The molecule has 0 spiro atoms. The Labute approximate surface area is 123 Å². The van der Waals surface area contributed by atoms with Gasteiger partial charge in [0.15, 0.2) is 0 Å². The smallest absolute Gasteiger partial charge is 0.0443 e.